The maximum atomic E-state index is 6.68. The van der Waals surface area contributed by atoms with Crippen molar-refractivity contribution in [3.63, 3.8) is 0 Å². The number of anilines is 3. The first-order valence-corrected chi connectivity index (χ1v) is 16.4. The molecule has 1 heterocycles. The number of fused-ring (bicyclic) bond motifs is 4. The molecule has 0 atom stereocenters. The van der Waals surface area contributed by atoms with E-state index in [2.05, 4.69) is 187 Å². The second-order valence-corrected chi connectivity index (χ2v) is 12.1. The topological polar surface area (TPSA) is 16.4 Å². The molecule has 8 aromatic carbocycles. The zero-order chi connectivity index (χ0) is 31.9. The fourth-order valence-electron chi connectivity index (χ4n) is 6.98. The van der Waals surface area contributed by atoms with E-state index in [-0.39, 0.29) is 0 Å². The number of nitrogens with zero attached hydrogens (tertiary/aromatic N) is 1. The summed E-state index contributed by atoms with van der Waals surface area (Å²) in [4.78, 5) is 2.37. The normalized spacial score (nSPS) is 11.3. The molecule has 2 nitrogen and oxygen atoms in total. The molecule has 0 radical (unpaired) electrons. The van der Waals surface area contributed by atoms with Crippen LogP contribution in [0, 0.1) is 0 Å². The maximum absolute atomic E-state index is 6.68. The van der Waals surface area contributed by atoms with Crippen molar-refractivity contribution in [2.75, 3.05) is 4.90 Å². The van der Waals surface area contributed by atoms with Crippen molar-refractivity contribution in [2.24, 2.45) is 0 Å². The number of furan rings is 1. The molecule has 0 spiro atoms. The Kier molecular flexibility index (Phi) is 6.84. The highest BCUT2D eigenvalue weighted by atomic mass is 16.3. The summed E-state index contributed by atoms with van der Waals surface area (Å²) in [6.45, 7) is 0. The number of hydrogen-bond donors (Lipinski definition) is 0. The first kappa shape index (κ1) is 27.9. The van der Waals surface area contributed by atoms with Crippen molar-refractivity contribution < 1.29 is 4.42 Å². The van der Waals surface area contributed by atoms with Crippen molar-refractivity contribution in [2.45, 2.75) is 0 Å². The SMILES string of the molecule is c1ccc(-c2ccc(N(c3ccccc3-c3ccc4ccccc4c3)c3cccc4c3oc3ccccc34)cc2-c2ccccc2)cc1. The molecule has 48 heavy (non-hydrogen) atoms. The second kappa shape index (κ2) is 11.8. The molecule has 0 saturated heterocycles. The van der Waals surface area contributed by atoms with E-state index in [1.807, 2.05) is 6.07 Å². The first-order valence-electron chi connectivity index (χ1n) is 16.4. The van der Waals surface area contributed by atoms with Gasteiger partial charge >= 0.3 is 0 Å². The van der Waals surface area contributed by atoms with Crippen molar-refractivity contribution in [3.05, 3.63) is 188 Å². The van der Waals surface area contributed by atoms with Gasteiger partial charge in [-0.1, -0.05) is 152 Å². The van der Waals surface area contributed by atoms with Crippen LogP contribution in [0.2, 0.25) is 0 Å². The van der Waals surface area contributed by atoms with Gasteiger partial charge in [0.25, 0.3) is 0 Å². The van der Waals surface area contributed by atoms with E-state index in [1.165, 1.54) is 33.0 Å². The minimum absolute atomic E-state index is 0.861. The Morgan fingerprint density at radius 1 is 0.354 bits per heavy atom. The number of para-hydroxylation sites is 3. The molecule has 0 saturated carbocycles. The molecule has 2 heteroatoms. The predicted octanol–water partition coefficient (Wildman–Crippen LogP) is 13.2. The monoisotopic (exact) mass is 613 g/mol. The van der Waals surface area contributed by atoms with Crippen LogP contribution < -0.4 is 4.90 Å². The average molecular weight is 614 g/mol. The number of benzene rings is 8. The minimum Gasteiger partial charge on any atom is -0.454 e. The van der Waals surface area contributed by atoms with Crippen LogP contribution in [0.25, 0.3) is 66.1 Å². The Balaban J connectivity index is 1.33. The first-order chi connectivity index (χ1) is 23.8. The lowest BCUT2D eigenvalue weighted by Crippen LogP contribution is -2.12. The highest BCUT2D eigenvalue weighted by Gasteiger charge is 2.23. The smallest absolute Gasteiger partial charge is 0.159 e. The molecule has 9 rings (SSSR count). The van der Waals surface area contributed by atoms with Crippen LogP contribution in [0.1, 0.15) is 0 Å². The number of hydrogen-bond acceptors (Lipinski definition) is 2. The standard InChI is InChI=1S/C46H31NO/c1-3-15-33(16-4-1)38-29-28-37(31-42(38)34-17-5-2-6-18-34)47(44-24-13-22-41-40-21-10-12-25-45(40)48-46(41)44)43-23-11-9-20-39(43)36-27-26-32-14-7-8-19-35(32)30-36/h1-31H. The summed E-state index contributed by atoms with van der Waals surface area (Å²) < 4.78 is 6.68. The van der Waals surface area contributed by atoms with Crippen LogP contribution in [0.15, 0.2) is 192 Å². The van der Waals surface area contributed by atoms with Crippen molar-refractivity contribution >= 4 is 49.8 Å². The Hall–Kier alpha value is -6.38. The summed E-state index contributed by atoms with van der Waals surface area (Å²) in [5, 5.41) is 4.66. The zero-order valence-electron chi connectivity index (χ0n) is 26.3. The summed E-state index contributed by atoms with van der Waals surface area (Å²) in [5.74, 6) is 0. The molecule has 226 valence electrons. The van der Waals surface area contributed by atoms with E-state index in [9.17, 15) is 0 Å². The molecular formula is C46H31NO. The fraction of sp³-hybridized carbons (Fsp3) is 0. The molecule has 0 bridgehead atoms. The largest absolute Gasteiger partial charge is 0.454 e. The fourth-order valence-corrected chi connectivity index (χ4v) is 6.98. The molecule has 0 unspecified atom stereocenters. The van der Waals surface area contributed by atoms with Crippen LogP contribution in [-0.2, 0) is 0 Å². The Morgan fingerprint density at radius 3 is 1.83 bits per heavy atom. The summed E-state index contributed by atoms with van der Waals surface area (Å²) in [6, 6.07) is 66.9. The highest BCUT2D eigenvalue weighted by molar-refractivity contribution is 6.11. The lowest BCUT2D eigenvalue weighted by atomic mass is 9.93. The lowest BCUT2D eigenvalue weighted by Gasteiger charge is -2.29. The minimum atomic E-state index is 0.861. The van der Waals surface area contributed by atoms with Crippen LogP contribution in [0.4, 0.5) is 17.1 Å². The molecule has 0 amide bonds. The van der Waals surface area contributed by atoms with Crippen LogP contribution in [-0.4, -0.2) is 0 Å². The van der Waals surface area contributed by atoms with Gasteiger partial charge in [0.2, 0.25) is 0 Å². The van der Waals surface area contributed by atoms with Gasteiger partial charge in [0, 0.05) is 22.0 Å². The van der Waals surface area contributed by atoms with Crippen molar-refractivity contribution in [1.82, 2.24) is 0 Å². The third kappa shape index (κ3) is 4.83. The molecule has 0 aliphatic heterocycles. The zero-order valence-corrected chi connectivity index (χ0v) is 26.3. The molecule has 0 N–H and O–H groups in total. The molecule has 9 aromatic rings. The third-order valence-corrected chi connectivity index (χ3v) is 9.26. The van der Waals surface area contributed by atoms with E-state index in [4.69, 9.17) is 4.42 Å². The van der Waals surface area contributed by atoms with Gasteiger partial charge in [0.1, 0.15) is 5.58 Å². The number of rotatable bonds is 6. The average Bonchev–Trinajstić information content (AvgIpc) is 3.55. The van der Waals surface area contributed by atoms with Gasteiger partial charge in [0.15, 0.2) is 5.58 Å². The summed E-state index contributed by atoms with van der Waals surface area (Å²) >= 11 is 0. The molecule has 0 aliphatic carbocycles. The second-order valence-electron chi connectivity index (χ2n) is 12.1. The molecule has 0 fully saturated rings. The van der Waals surface area contributed by atoms with Crippen LogP contribution >= 0.6 is 0 Å². The van der Waals surface area contributed by atoms with Gasteiger partial charge in [-0.25, -0.2) is 0 Å². The summed E-state index contributed by atoms with van der Waals surface area (Å²) in [5.41, 5.74) is 11.9. The van der Waals surface area contributed by atoms with E-state index in [0.717, 1.165) is 50.1 Å². The Bertz CT molecular complexity index is 2560. The molecule has 0 aliphatic rings. The quantitative estimate of drug-likeness (QED) is 0.185. The van der Waals surface area contributed by atoms with Gasteiger partial charge in [-0.05, 0) is 75.0 Å². The van der Waals surface area contributed by atoms with Gasteiger partial charge in [-0.2, -0.15) is 0 Å². The Labute approximate surface area is 279 Å². The summed E-state index contributed by atoms with van der Waals surface area (Å²) in [6.07, 6.45) is 0. The predicted molar refractivity (Wildman–Crippen MR) is 202 cm³/mol. The van der Waals surface area contributed by atoms with Crippen LogP contribution in [0.3, 0.4) is 0 Å². The third-order valence-electron chi connectivity index (χ3n) is 9.26. The van der Waals surface area contributed by atoms with E-state index >= 15 is 0 Å². The molecule has 1 aromatic heterocycles. The summed E-state index contributed by atoms with van der Waals surface area (Å²) in [7, 11) is 0. The lowest BCUT2D eigenvalue weighted by molar-refractivity contribution is 0.669. The maximum Gasteiger partial charge on any atom is 0.159 e. The van der Waals surface area contributed by atoms with Gasteiger partial charge in [-0.3, -0.25) is 0 Å². The van der Waals surface area contributed by atoms with Gasteiger partial charge in [0.05, 0.1) is 11.4 Å². The highest BCUT2D eigenvalue weighted by Crippen LogP contribution is 2.47. The van der Waals surface area contributed by atoms with Crippen molar-refractivity contribution in [3.8, 4) is 33.4 Å². The van der Waals surface area contributed by atoms with Gasteiger partial charge < -0.3 is 9.32 Å². The van der Waals surface area contributed by atoms with Crippen LogP contribution in [0.5, 0.6) is 0 Å². The van der Waals surface area contributed by atoms with Crippen molar-refractivity contribution in [1.29, 1.82) is 0 Å². The Morgan fingerprint density at radius 2 is 1.00 bits per heavy atom. The van der Waals surface area contributed by atoms with E-state index in [1.54, 1.807) is 0 Å². The van der Waals surface area contributed by atoms with E-state index in [0.29, 0.717) is 0 Å². The molecular weight excluding hydrogens is 583 g/mol. The van der Waals surface area contributed by atoms with Gasteiger partial charge in [-0.15, -0.1) is 0 Å². The van der Waals surface area contributed by atoms with E-state index < -0.39 is 0 Å².